The highest BCUT2D eigenvalue weighted by Crippen LogP contribution is 2.47. The lowest BCUT2D eigenvalue weighted by Crippen LogP contribution is -2.61. The van der Waals surface area contributed by atoms with Crippen LogP contribution in [-0.4, -0.2) is 49.0 Å². The molecule has 2 aromatic carbocycles. The molecule has 1 unspecified atom stereocenters. The van der Waals surface area contributed by atoms with Crippen LogP contribution < -0.4 is 4.74 Å². The van der Waals surface area contributed by atoms with E-state index in [2.05, 4.69) is 34.1 Å². The molecule has 2 aromatic rings. The van der Waals surface area contributed by atoms with Crippen LogP contribution in [0.2, 0.25) is 0 Å². The summed E-state index contributed by atoms with van der Waals surface area (Å²) >= 11 is 0. The van der Waals surface area contributed by atoms with Gasteiger partial charge in [0.2, 0.25) is 5.91 Å². The molecule has 1 amide bonds. The van der Waals surface area contributed by atoms with Gasteiger partial charge in [0.05, 0.1) is 13.5 Å². The van der Waals surface area contributed by atoms with Crippen molar-refractivity contribution in [1.29, 1.82) is 0 Å². The van der Waals surface area contributed by atoms with Gasteiger partial charge in [0.15, 0.2) is 0 Å². The van der Waals surface area contributed by atoms with Crippen LogP contribution in [0.25, 0.3) is 0 Å². The first-order valence-corrected chi connectivity index (χ1v) is 10.9. The number of hydrogen-bond acceptors (Lipinski definition) is 3. The van der Waals surface area contributed by atoms with E-state index in [0.29, 0.717) is 17.9 Å². The second kappa shape index (κ2) is 7.49. The molecule has 0 saturated carbocycles. The van der Waals surface area contributed by atoms with Crippen molar-refractivity contribution in [3.05, 3.63) is 65.2 Å². The monoisotopic (exact) mass is 390 g/mol. The van der Waals surface area contributed by atoms with Crippen molar-refractivity contribution in [3.63, 3.8) is 0 Å². The van der Waals surface area contributed by atoms with Crippen LogP contribution >= 0.6 is 0 Å². The lowest BCUT2D eigenvalue weighted by Gasteiger charge is -2.56. The first-order chi connectivity index (χ1) is 14.2. The van der Waals surface area contributed by atoms with E-state index in [1.807, 2.05) is 24.3 Å². The summed E-state index contributed by atoms with van der Waals surface area (Å²) in [7, 11) is 1.66. The molecule has 2 aliphatic heterocycles. The standard InChI is InChI=1S/C25H30N2O2/c1-29-21-9-6-19(7-10-21)16-24(28)26-14-12-25(13-15-26)17-27(18-25)23-11-8-20-4-2-3-5-22(20)23/h2-7,9-10,23H,8,11-18H2,1H3. The van der Waals surface area contributed by atoms with Gasteiger partial charge in [0.1, 0.15) is 5.75 Å². The highest BCUT2D eigenvalue weighted by Gasteiger charge is 2.48. The Bertz CT molecular complexity index is 876. The quantitative estimate of drug-likeness (QED) is 0.795. The van der Waals surface area contributed by atoms with Crippen LogP contribution in [0, 0.1) is 5.41 Å². The van der Waals surface area contributed by atoms with E-state index in [1.54, 1.807) is 12.7 Å². The number of rotatable bonds is 4. The van der Waals surface area contributed by atoms with Crippen LogP contribution in [0.5, 0.6) is 5.75 Å². The number of ether oxygens (including phenoxy) is 1. The molecule has 1 atom stereocenters. The predicted molar refractivity (Wildman–Crippen MR) is 114 cm³/mol. The van der Waals surface area contributed by atoms with Crippen molar-refractivity contribution < 1.29 is 9.53 Å². The number of carbonyl (C=O) groups excluding carboxylic acids is 1. The van der Waals surface area contributed by atoms with Gasteiger partial charge < -0.3 is 9.64 Å². The summed E-state index contributed by atoms with van der Waals surface area (Å²) in [5, 5.41) is 0. The van der Waals surface area contributed by atoms with Crippen molar-refractivity contribution in [3.8, 4) is 5.75 Å². The third-order valence-corrected chi connectivity index (χ3v) is 7.31. The molecule has 2 heterocycles. The molecule has 2 fully saturated rings. The fourth-order valence-electron chi connectivity index (χ4n) is 5.53. The Morgan fingerprint density at radius 1 is 1.07 bits per heavy atom. The maximum Gasteiger partial charge on any atom is 0.226 e. The molecular formula is C25H30N2O2. The van der Waals surface area contributed by atoms with Gasteiger partial charge in [-0.3, -0.25) is 9.69 Å². The normalized spacial score (nSPS) is 22.9. The van der Waals surface area contributed by atoms with Gasteiger partial charge in [0.25, 0.3) is 0 Å². The first-order valence-electron chi connectivity index (χ1n) is 10.9. The molecule has 0 bridgehead atoms. The molecule has 3 aliphatic rings. The van der Waals surface area contributed by atoms with E-state index >= 15 is 0 Å². The average Bonchev–Trinajstić information content (AvgIpc) is 3.16. The molecule has 0 N–H and O–H groups in total. The lowest BCUT2D eigenvalue weighted by molar-refractivity contribution is -0.136. The van der Waals surface area contributed by atoms with E-state index in [9.17, 15) is 4.79 Å². The number of likely N-dealkylation sites (tertiary alicyclic amines) is 2. The Morgan fingerprint density at radius 3 is 2.52 bits per heavy atom. The average molecular weight is 391 g/mol. The third-order valence-electron chi connectivity index (χ3n) is 7.31. The highest BCUT2D eigenvalue weighted by atomic mass is 16.5. The third kappa shape index (κ3) is 3.55. The number of benzene rings is 2. The highest BCUT2D eigenvalue weighted by molar-refractivity contribution is 5.79. The zero-order valence-electron chi connectivity index (χ0n) is 17.3. The Kier molecular flexibility index (Phi) is 4.83. The maximum absolute atomic E-state index is 12.7. The van der Waals surface area contributed by atoms with E-state index < -0.39 is 0 Å². The predicted octanol–water partition coefficient (Wildman–Crippen LogP) is 3.85. The fourth-order valence-corrected chi connectivity index (χ4v) is 5.53. The summed E-state index contributed by atoms with van der Waals surface area (Å²) in [6.07, 6.45) is 5.26. The van der Waals surface area contributed by atoms with Crippen molar-refractivity contribution >= 4 is 5.91 Å². The van der Waals surface area contributed by atoms with Gasteiger partial charge in [0, 0.05) is 32.2 Å². The number of carbonyl (C=O) groups is 1. The number of aryl methyl sites for hydroxylation is 1. The molecule has 4 heteroatoms. The maximum atomic E-state index is 12.7. The van der Waals surface area contributed by atoms with Gasteiger partial charge in [-0.1, -0.05) is 36.4 Å². The second-order valence-corrected chi connectivity index (χ2v) is 9.06. The van der Waals surface area contributed by atoms with E-state index in [1.165, 1.54) is 31.5 Å². The Hall–Kier alpha value is -2.33. The number of methoxy groups -OCH3 is 1. The van der Waals surface area contributed by atoms with Crippen LogP contribution in [0.3, 0.4) is 0 Å². The number of hydrogen-bond donors (Lipinski definition) is 0. The fraction of sp³-hybridized carbons (Fsp3) is 0.480. The summed E-state index contributed by atoms with van der Waals surface area (Å²) in [6.45, 7) is 4.22. The smallest absolute Gasteiger partial charge is 0.226 e. The number of fused-ring (bicyclic) bond motifs is 1. The molecule has 5 rings (SSSR count). The second-order valence-electron chi connectivity index (χ2n) is 9.06. The van der Waals surface area contributed by atoms with Crippen molar-refractivity contribution in [2.45, 2.75) is 38.1 Å². The number of piperidine rings is 1. The van der Waals surface area contributed by atoms with Crippen molar-refractivity contribution in [1.82, 2.24) is 9.80 Å². The SMILES string of the molecule is COc1ccc(CC(=O)N2CCC3(CC2)CN(C2CCc4ccccc42)C3)cc1. The van der Waals surface area contributed by atoms with Crippen molar-refractivity contribution in [2.75, 3.05) is 33.3 Å². The molecule has 152 valence electrons. The summed E-state index contributed by atoms with van der Waals surface area (Å²) < 4.78 is 5.20. The Balaban J connectivity index is 1.13. The van der Waals surface area contributed by atoms with Crippen molar-refractivity contribution in [2.24, 2.45) is 5.41 Å². The van der Waals surface area contributed by atoms with E-state index in [-0.39, 0.29) is 5.91 Å². The van der Waals surface area contributed by atoms with Crippen LogP contribution in [0.1, 0.15) is 42.0 Å². The zero-order chi connectivity index (χ0) is 19.8. The van der Waals surface area contributed by atoms with Gasteiger partial charge in [-0.2, -0.15) is 0 Å². The number of amides is 1. The minimum absolute atomic E-state index is 0.255. The van der Waals surface area contributed by atoms with Gasteiger partial charge in [-0.25, -0.2) is 0 Å². The molecule has 4 nitrogen and oxygen atoms in total. The minimum Gasteiger partial charge on any atom is -0.497 e. The Labute approximate surface area is 173 Å². The number of nitrogens with zero attached hydrogens (tertiary/aromatic N) is 2. The molecule has 1 aliphatic carbocycles. The van der Waals surface area contributed by atoms with E-state index in [0.717, 1.165) is 37.2 Å². The van der Waals surface area contributed by atoms with E-state index in [4.69, 9.17) is 4.74 Å². The van der Waals surface area contributed by atoms with Crippen LogP contribution in [0.15, 0.2) is 48.5 Å². The molecule has 0 aromatic heterocycles. The van der Waals surface area contributed by atoms with Crippen LogP contribution in [-0.2, 0) is 17.6 Å². The lowest BCUT2D eigenvalue weighted by atomic mass is 9.71. The summed E-state index contributed by atoms with van der Waals surface area (Å²) in [5.41, 5.74) is 4.59. The molecular weight excluding hydrogens is 360 g/mol. The van der Waals surface area contributed by atoms with Crippen LogP contribution in [0.4, 0.5) is 0 Å². The molecule has 29 heavy (non-hydrogen) atoms. The first kappa shape index (κ1) is 18.7. The Morgan fingerprint density at radius 2 is 1.79 bits per heavy atom. The summed E-state index contributed by atoms with van der Waals surface area (Å²) in [6, 6.07) is 17.4. The zero-order valence-corrected chi connectivity index (χ0v) is 17.3. The molecule has 0 radical (unpaired) electrons. The van der Waals surface area contributed by atoms with Gasteiger partial charge in [-0.15, -0.1) is 0 Å². The van der Waals surface area contributed by atoms with Gasteiger partial charge in [-0.05, 0) is 59.9 Å². The summed E-state index contributed by atoms with van der Waals surface area (Å²) in [5.74, 6) is 1.09. The molecule has 2 saturated heterocycles. The van der Waals surface area contributed by atoms with Gasteiger partial charge >= 0.3 is 0 Å². The largest absolute Gasteiger partial charge is 0.497 e. The topological polar surface area (TPSA) is 32.8 Å². The molecule has 1 spiro atoms. The summed E-state index contributed by atoms with van der Waals surface area (Å²) in [4.78, 5) is 17.5. The minimum atomic E-state index is 0.255.